The number of carbonyl (C=O) groups excluding carboxylic acids is 1. The minimum atomic E-state index is -1.05. The van der Waals surface area contributed by atoms with Crippen molar-refractivity contribution in [3.63, 3.8) is 0 Å². The van der Waals surface area contributed by atoms with Crippen molar-refractivity contribution in [3.05, 3.63) is 0 Å². The largest absolute Gasteiger partial charge is 0.387 e. The van der Waals surface area contributed by atoms with E-state index < -0.39 is 29.9 Å². The Bertz CT molecular complexity index is 337. The van der Waals surface area contributed by atoms with Crippen molar-refractivity contribution in [2.75, 3.05) is 13.2 Å². The molecule has 3 atom stereocenters. The Kier molecular flexibility index (Phi) is 3.50. The topological polar surface area (TPSA) is 74.2 Å². The van der Waals surface area contributed by atoms with Crippen molar-refractivity contribution in [2.45, 2.75) is 57.6 Å². The van der Waals surface area contributed by atoms with Gasteiger partial charge in [0, 0.05) is 0 Å². The molecule has 2 saturated heterocycles. The molecule has 0 aromatic heterocycles. The minimum absolute atomic E-state index is 0.0638. The van der Waals surface area contributed by atoms with E-state index in [0.29, 0.717) is 0 Å². The molecule has 0 spiro atoms. The summed E-state index contributed by atoms with van der Waals surface area (Å²) in [7, 11) is 0. The summed E-state index contributed by atoms with van der Waals surface area (Å²) in [6.07, 6.45) is -2.55. The second-order valence-electron chi connectivity index (χ2n) is 5.55. The summed E-state index contributed by atoms with van der Waals surface area (Å²) in [4.78, 5) is 11.7. The molecule has 18 heavy (non-hydrogen) atoms. The summed E-state index contributed by atoms with van der Waals surface area (Å²) >= 11 is 0. The number of rotatable bonds is 2. The van der Waals surface area contributed by atoms with Crippen LogP contribution >= 0.6 is 0 Å². The van der Waals surface area contributed by atoms with Crippen LogP contribution in [0.4, 0.5) is 0 Å². The molecule has 6 nitrogen and oxygen atoms in total. The molecule has 0 aromatic carbocycles. The maximum atomic E-state index is 11.7. The number of aliphatic hydroxyl groups is 1. The van der Waals surface area contributed by atoms with E-state index in [0.717, 1.165) is 0 Å². The number of ketones is 1. The van der Waals surface area contributed by atoms with Gasteiger partial charge >= 0.3 is 0 Å². The van der Waals surface area contributed by atoms with Crippen LogP contribution in [-0.2, 0) is 23.7 Å². The number of ether oxygens (including phenoxy) is 4. The van der Waals surface area contributed by atoms with Gasteiger partial charge in [0.05, 0.1) is 6.61 Å². The molecular formula is C12H20O6. The molecule has 0 unspecified atom stereocenters. The van der Waals surface area contributed by atoms with Crippen LogP contribution in [0.3, 0.4) is 0 Å². The molecule has 104 valence electrons. The Morgan fingerprint density at radius 2 is 1.78 bits per heavy atom. The van der Waals surface area contributed by atoms with Gasteiger partial charge in [-0.05, 0) is 27.7 Å². The van der Waals surface area contributed by atoms with Crippen molar-refractivity contribution in [2.24, 2.45) is 0 Å². The molecule has 2 aliphatic rings. The molecular weight excluding hydrogens is 240 g/mol. The molecule has 0 radical (unpaired) electrons. The summed E-state index contributed by atoms with van der Waals surface area (Å²) in [6.45, 7) is 7.10. The molecule has 0 aliphatic carbocycles. The second-order valence-corrected chi connectivity index (χ2v) is 5.55. The molecule has 2 aliphatic heterocycles. The van der Waals surface area contributed by atoms with Crippen molar-refractivity contribution in [3.8, 4) is 0 Å². The number of Topliss-reactive ketones (excluding diaryl/α,β-unsaturated/α-hetero) is 1. The fourth-order valence-electron chi connectivity index (χ4n) is 2.07. The van der Waals surface area contributed by atoms with E-state index in [1.807, 2.05) is 0 Å². The molecule has 0 amide bonds. The van der Waals surface area contributed by atoms with Crippen molar-refractivity contribution in [1.29, 1.82) is 0 Å². The highest BCUT2D eigenvalue weighted by molar-refractivity contribution is 5.85. The van der Waals surface area contributed by atoms with E-state index in [1.165, 1.54) is 0 Å². The maximum absolute atomic E-state index is 11.7. The van der Waals surface area contributed by atoms with Crippen molar-refractivity contribution in [1.82, 2.24) is 0 Å². The van der Waals surface area contributed by atoms with Gasteiger partial charge in [0.25, 0.3) is 0 Å². The van der Waals surface area contributed by atoms with Gasteiger partial charge in [0.2, 0.25) is 0 Å². The summed E-state index contributed by atoms with van der Waals surface area (Å²) < 4.78 is 21.6. The average molecular weight is 260 g/mol. The average Bonchev–Trinajstić information content (AvgIpc) is 2.61. The lowest BCUT2D eigenvalue weighted by Crippen LogP contribution is -2.54. The number of hydrogen-bond acceptors (Lipinski definition) is 6. The van der Waals surface area contributed by atoms with E-state index >= 15 is 0 Å². The zero-order valence-electron chi connectivity index (χ0n) is 11.1. The first-order valence-electron chi connectivity index (χ1n) is 6.04. The summed E-state index contributed by atoms with van der Waals surface area (Å²) in [5, 5.41) is 10.2. The molecule has 6 heteroatoms. The number of hydrogen-bond donors (Lipinski definition) is 1. The maximum Gasteiger partial charge on any atom is 0.190 e. The van der Waals surface area contributed by atoms with E-state index in [4.69, 9.17) is 18.9 Å². The van der Waals surface area contributed by atoms with Gasteiger partial charge in [-0.25, -0.2) is 0 Å². The van der Waals surface area contributed by atoms with E-state index in [9.17, 15) is 9.90 Å². The van der Waals surface area contributed by atoms with Gasteiger partial charge in [-0.15, -0.1) is 0 Å². The summed E-state index contributed by atoms with van der Waals surface area (Å²) in [5.74, 6) is -1.90. The highest BCUT2D eigenvalue weighted by Gasteiger charge is 2.46. The monoisotopic (exact) mass is 260 g/mol. The standard InChI is InChI=1S/C12H20O6/c1-11(2)16-6-8(17-11)9(14)10-7(13)5-15-12(3,4)18-10/h8-10,14H,5-6H2,1-4H3/t8-,9+,10-/m1/s1. The van der Waals surface area contributed by atoms with Gasteiger partial charge in [-0.3, -0.25) is 4.79 Å². The fourth-order valence-corrected chi connectivity index (χ4v) is 2.07. The lowest BCUT2D eigenvalue weighted by atomic mass is 10.0. The third-order valence-corrected chi connectivity index (χ3v) is 3.01. The van der Waals surface area contributed by atoms with Gasteiger partial charge in [-0.2, -0.15) is 0 Å². The fraction of sp³-hybridized carbons (Fsp3) is 0.917. The van der Waals surface area contributed by atoms with E-state index in [2.05, 4.69) is 0 Å². The molecule has 0 saturated carbocycles. The van der Waals surface area contributed by atoms with Crippen LogP contribution in [0.1, 0.15) is 27.7 Å². The third-order valence-electron chi connectivity index (χ3n) is 3.01. The van der Waals surface area contributed by atoms with Gasteiger partial charge in [-0.1, -0.05) is 0 Å². The number of carbonyl (C=O) groups is 1. The summed E-state index contributed by atoms with van der Waals surface area (Å²) in [5.41, 5.74) is 0. The number of aliphatic hydroxyl groups excluding tert-OH is 1. The van der Waals surface area contributed by atoms with Crippen LogP contribution in [0.25, 0.3) is 0 Å². The first kappa shape index (κ1) is 13.9. The second kappa shape index (κ2) is 4.54. The summed E-state index contributed by atoms with van der Waals surface area (Å²) in [6, 6.07) is 0. The lowest BCUT2D eigenvalue weighted by molar-refractivity contribution is -0.277. The lowest BCUT2D eigenvalue weighted by Gasteiger charge is -2.37. The normalized spacial score (nSPS) is 36.6. The molecule has 1 N–H and O–H groups in total. The molecule has 2 rings (SSSR count). The van der Waals surface area contributed by atoms with Crippen molar-refractivity contribution < 1.29 is 28.8 Å². The zero-order valence-corrected chi connectivity index (χ0v) is 11.1. The van der Waals surface area contributed by atoms with Gasteiger partial charge in [0.1, 0.15) is 24.9 Å². The van der Waals surface area contributed by atoms with Crippen LogP contribution < -0.4 is 0 Å². The Morgan fingerprint density at radius 1 is 1.17 bits per heavy atom. The van der Waals surface area contributed by atoms with Crippen LogP contribution in [0.5, 0.6) is 0 Å². The minimum Gasteiger partial charge on any atom is -0.387 e. The SMILES string of the molecule is CC1(C)OCC(=O)[C@H]([C@@H](O)[C@H]2COC(C)(C)O2)O1. The first-order chi connectivity index (χ1) is 8.20. The highest BCUT2D eigenvalue weighted by Crippen LogP contribution is 2.29. The quantitative estimate of drug-likeness (QED) is 0.765. The van der Waals surface area contributed by atoms with Crippen LogP contribution in [0.15, 0.2) is 0 Å². The predicted molar refractivity (Wildman–Crippen MR) is 60.8 cm³/mol. The molecule has 2 fully saturated rings. The Hall–Kier alpha value is -0.530. The Labute approximate surface area is 106 Å². The van der Waals surface area contributed by atoms with E-state index in [-0.39, 0.29) is 19.0 Å². The smallest absolute Gasteiger partial charge is 0.190 e. The molecule has 2 heterocycles. The Balaban J connectivity index is 2.04. The first-order valence-corrected chi connectivity index (χ1v) is 6.04. The van der Waals surface area contributed by atoms with E-state index in [1.54, 1.807) is 27.7 Å². The van der Waals surface area contributed by atoms with Crippen LogP contribution in [0.2, 0.25) is 0 Å². The zero-order chi connectivity index (χ0) is 13.6. The predicted octanol–water partition coefficient (Wildman–Crippen LogP) is 0.219. The Morgan fingerprint density at radius 3 is 2.33 bits per heavy atom. The van der Waals surface area contributed by atoms with Crippen LogP contribution in [0, 0.1) is 0 Å². The molecule has 0 aromatic rings. The third kappa shape index (κ3) is 2.89. The van der Waals surface area contributed by atoms with Gasteiger partial charge in [0.15, 0.2) is 17.4 Å². The highest BCUT2D eigenvalue weighted by atomic mass is 16.8. The molecule has 0 bridgehead atoms. The van der Waals surface area contributed by atoms with Crippen LogP contribution in [-0.4, -0.2) is 54.0 Å². The van der Waals surface area contributed by atoms with Gasteiger partial charge < -0.3 is 24.1 Å². The van der Waals surface area contributed by atoms with Crippen molar-refractivity contribution >= 4 is 5.78 Å².